The van der Waals surface area contributed by atoms with Gasteiger partial charge in [-0.15, -0.1) is 0 Å². The fourth-order valence-corrected chi connectivity index (χ4v) is 2.81. The first-order valence-electron chi connectivity index (χ1n) is 7.48. The van der Waals surface area contributed by atoms with Crippen molar-refractivity contribution in [2.24, 2.45) is 0 Å². The number of aromatic nitrogens is 3. The van der Waals surface area contributed by atoms with E-state index in [1.54, 1.807) is 9.58 Å². The third kappa shape index (κ3) is 3.64. The maximum absolute atomic E-state index is 12.4. The Morgan fingerprint density at radius 2 is 2.35 bits per heavy atom. The second-order valence-electron chi connectivity index (χ2n) is 5.17. The van der Waals surface area contributed by atoms with Gasteiger partial charge >= 0.3 is 6.03 Å². The highest BCUT2D eigenvalue weighted by Gasteiger charge is 2.20. The molecular weight excluding hydrogens is 362 g/mol. The molecule has 0 unspecified atom stereocenters. The molecule has 0 bridgehead atoms. The number of rotatable bonds is 3. The van der Waals surface area contributed by atoms with Gasteiger partial charge in [-0.1, -0.05) is 22.0 Å². The number of amides is 2. The largest absolute Gasteiger partial charge is 0.491 e. The van der Waals surface area contributed by atoms with Gasteiger partial charge in [0.1, 0.15) is 24.5 Å². The molecule has 0 spiro atoms. The molecule has 0 radical (unpaired) electrons. The number of hydrogen-bond donors (Lipinski definition) is 1. The minimum atomic E-state index is -0.130. The van der Waals surface area contributed by atoms with Crippen molar-refractivity contribution in [2.75, 3.05) is 13.2 Å². The van der Waals surface area contributed by atoms with E-state index >= 15 is 0 Å². The van der Waals surface area contributed by atoms with Gasteiger partial charge in [0.2, 0.25) is 0 Å². The molecule has 0 atom stereocenters. The average molecular weight is 380 g/mol. The summed E-state index contributed by atoms with van der Waals surface area (Å²) in [6, 6.07) is 5.72. The maximum atomic E-state index is 12.4. The Morgan fingerprint density at radius 3 is 3.17 bits per heavy atom. The van der Waals surface area contributed by atoms with Crippen molar-refractivity contribution in [1.29, 1.82) is 0 Å². The van der Waals surface area contributed by atoms with Crippen molar-refractivity contribution in [3.63, 3.8) is 0 Å². The van der Waals surface area contributed by atoms with E-state index in [2.05, 4.69) is 31.3 Å². The zero-order valence-corrected chi connectivity index (χ0v) is 14.4. The van der Waals surface area contributed by atoms with Crippen LogP contribution < -0.4 is 10.1 Å². The summed E-state index contributed by atoms with van der Waals surface area (Å²) in [5.74, 6) is 1.57. The van der Waals surface area contributed by atoms with Gasteiger partial charge in [0.15, 0.2) is 0 Å². The lowest BCUT2D eigenvalue weighted by molar-refractivity contribution is 0.187. The van der Waals surface area contributed by atoms with E-state index in [-0.39, 0.29) is 6.03 Å². The second kappa shape index (κ2) is 6.99. The van der Waals surface area contributed by atoms with Crippen molar-refractivity contribution < 1.29 is 9.53 Å². The monoisotopic (exact) mass is 379 g/mol. The van der Waals surface area contributed by atoms with E-state index in [1.807, 2.05) is 25.1 Å². The number of ether oxygens (including phenoxy) is 1. The van der Waals surface area contributed by atoms with E-state index in [1.165, 1.54) is 6.33 Å². The van der Waals surface area contributed by atoms with Crippen LogP contribution in [0.15, 0.2) is 29.0 Å². The minimum absolute atomic E-state index is 0.130. The molecular formula is C15H18BrN5O2. The van der Waals surface area contributed by atoms with Crippen LogP contribution in [0.1, 0.15) is 18.3 Å². The van der Waals surface area contributed by atoms with Crippen molar-refractivity contribution in [1.82, 2.24) is 25.0 Å². The summed E-state index contributed by atoms with van der Waals surface area (Å²) in [7, 11) is 0. The highest BCUT2D eigenvalue weighted by atomic mass is 79.9. The lowest BCUT2D eigenvalue weighted by atomic mass is 10.2. The normalized spacial score (nSPS) is 13.9. The van der Waals surface area contributed by atoms with E-state index < -0.39 is 0 Å². The fourth-order valence-electron chi connectivity index (χ4n) is 2.47. The van der Waals surface area contributed by atoms with E-state index in [0.717, 1.165) is 28.2 Å². The van der Waals surface area contributed by atoms with Crippen LogP contribution in [0, 0.1) is 0 Å². The Hall–Kier alpha value is -2.09. The van der Waals surface area contributed by atoms with Gasteiger partial charge in [0.05, 0.1) is 19.6 Å². The molecule has 1 aliphatic rings. The summed E-state index contributed by atoms with van der Waals surface area (Å²) >= 11 is 3.43. The molecule has 7 nitrogen and oxygen atoms in total. The lowest BCUT2D eigenvalue weighted by Gasteiger charge is -2.20. The first-order chi connectivity index (χ1) is 11.2. The highest BCUT2D eigenvalue weighted by molar-refractivity contribution is 9.10. The third-order valence-corrected chi connectivity index (χ3v) is 4.18. The number of carbonyl (C=O) groups is 1. The molecule has 122 valence electrons. The first-order valence-corrected chi connectivity index (χ1v) is 8.27. The molecule has 1 aliphatic heterocycles. The molecule has 8 heteroatoms. The van der Waals surface area contributed by atoms with Crippen molar-refractivity contribution in [2.45, 2.75) is 26.6 Å². The van der Waals surface area contributed by atoms with Gasteiger partial charge in [-0.3, -0.25) is 0 Å². The van der Waals surface area contributed by atoms with Crippen LogP contribution in [-0.2, 0) is 19.6 Å². The predicted molar refractivity (Wildman–Crippen MR) is 88.0 cm³/mol. The van der Waals surface area contributed by atoms with Crippen LogP contribution in [0.25, 0.3) is 0 Å². The number of fused-ring (bicyclic) bond motifs is 1. The van der Waals surface area contributed by atoms with Crippen molar-refractivity contribution >= 4 is 22.0 Å². The highest BCUT2D eigenvalue weighted by Crippen LogP contribution is 2.26. The molecule has 23 heavy (non-hydrogen) atoms. The number of nitrogens with one attached hydrogen (secondary N) is 1. The third-order valence-electron chi connectivity index (χ3n) is 3.69. The van der Waals surface area contributed by atoms with E-state index in [0.29, 0.717) is 26.2 Å². The fraction of sp³-hybridized carbons (Fsp3) is 0.400. The van der Waals surface area contributed by atoms with Crippen LogP contribution in [0.4, 0.5) is 4.79 Å². The summed E-state index contributed by atoms with van der Waals surface area (Å²) in [6.45, 7) is 4.61. The molecule has 0 saturated carbocycles. The van der Waals surface area contributed by atoms with Crippen molar-refractivity contribution in [3.05, 3.63) is 40.4 Å². The quantitative estimate of drug-likeness (QED) is 0.886. The maximum Gasteiger partial charge on any atom is 0.318 e. The van der Waals surface area contributed by atoms with Crippen LogP contribution in [0.3, 0.4) is 0 Å². The molecule has 1 aromatic carbocycles. The van der Waals surface area contributed by atoms with Gasteiger partial charge < -0.3 is 15.0 Å². The number of hydrogen-bond acceptors (Lipinski definition) is 4. The molecule has 1 N–H and O–H groups in total. The smallest absolute Gasteiger partial charge is 0.318 e. The first kappa shape index (κ1) is 15.8. The molecule has 0 fully saturated rings. The summed E-state index contributed by atoms with van der Waals surface area (Å²) < 4.78 is 8.45. The molecule has 2 heterocycles. The summed E-state index contributed by atoms with van der Waals surface area (Å²) in [4.78, 5) is 18.3. The Morgan fingerprint density at radius 1 is 1.48 bits per heavy atom. The van der Waals surface area contributed by atoms with Gasteiger partial charge in [-0.2, -0.15) is 5.10 Å². The van der Waals surface area contributed by atoms with Crippen LogP contribution in [0.5, 0.6) is 5.75 Å². The van der Waals surface area contributed by atoms with Gasteiger partial charge in [0.25, 0.3) is 0 Å². The summed E-state index contributed by atoms with van der Waals surface area (Å²) in [5, 5.41) is 6.99. The topological polar surface area (TPSA) is 72.3 Å². The Labute approximate surface area is 142 Å². The van der Waals surface area contributed by atoms with Crippen molar-refractivity contribution in [3.8, 4) is 5.75 Å². The number of aryl methyl sites for hydroxylation is 1. The number of carbonyl (C=O) groups excluding carboxylic acids is 1. The molecule has 2 aromatic rings. The van der Waals surface area contributed by atoms with Crippen LogP contribution in [-0.4, -0.2) is 38.8 Å². The van der Waals surface area contributed by atoms with Crippen LogP contribution in [0.2, 0.25) is 0 Å². The number of halogens is 1. The Bertz CT molecular complexity index is 703. The Kier molecular flexibility index (Phi) is 4.80. The zero-order chi connectivity index (χ0) is 16.2. The van der Waals surface area contributed by atoms with E-state index in [9.17, 15) is 4.79 Å². The SMILES string of the molecule is CCn1ncnc1CNC(=O)N1CCOc2cc(Br)ccc2C1. The Balaban J connectivity index is 1.64. The van der Waals surface area contributed by atoms with Gasteiger partial charge in [0, 0.05) is 16.6 Å². The summed E-state index contributed by atoms with van der Waals surface area (Å²) in [5.41, 5.74) is 0.998. The lowest BCUT2D eigenvalue weighted by Crippen LogP contribution is -2.40. The van der Waals surface area contributed by atoms with Gasteiger partial charge in [-0.25, -0.2) is 14.5 Å². The predicted octanol–water partition coefficient (Wildman–Crippen LogP) is 2.16. The minimum Gasteiger partial charge on any atom is -0.491 e. The van der Waals surface area contributed by atoms with Crippen LogP contribution >= 0.6 is 15.9 Å². The molecule has 1 aromatic heterocycles. The van der Waals surface area contributed by atoms with E-state index in [4.69, 9.17) is 4.74 Å². The molecule has 0 saturated heterocycles. The summed E-state index contributed by atoms with van der Waals surface area (Å²) in [6.07, 6.45) is 1.50. The second-order valence-corrected chi connectivity index (χ2v) is 6.09. The van der Waals surface area contributed by atoms with Gasteiger partial charge in [-0.05, 0) is 19.1 Å². The standard InChI is InChI=1S/C15H18BrN5O2/c1-2-21-14(18-10-19-21)8-17-15(22)20-5-6-23-13-7-12(16)4-3-11(13)9-20/h3-4,7,10H,2,5-6,8-9H2,1H3,(H,17,22). The zero-order valence-electron chi connectivity index (χ0n) is 12.8. The molecule has 3 rings (SSSR count). The number of urea groups is 1. The average Bonchev–Trinajstić information content (AvgIpc) is 2.90. The number of nitrogens with zero attached hydrogens (tertiary/aromatic N) is 4. The number of benzene rings is 1. The molecule has 2 amide bonds. The molecule has 0 aliphatic carbocycles.